The van der Waals surface area contributed by atoms with Crippen LogP contribution < -0.4 is 0 Å². The van der Waals surface area contributed by atoms with Crippen molar-refractivity contribution < 1.29 is 35.1 Å². The van der Waals surface area contributed by atoms with Gasteiger partial charge in [0.1, 0.15) is 29.0 Å². The second-order valence-corrected chi connectivity index (χ2v) is 5.39. The van der Waals surface area contributed by atoms with Gasteiger partial charge in [-0.05, 0) is 34.6 Å². The number of hydrogen-bond acceptors (Lipinski definition) is 7. The molecule has 0 saturated heterocycles. The molecule has 0 spiro atoms. The third-order valence-electron chi connectivity index (χ3n) is 3.81. The molecule has 5 N–H and O–H groups in total. The van der Waals surface area contributed by atoms with Crippen molar-refractivity contribution in [3.8, 4) is 0 Å². The fourth-order valence-corrected chi connectivity index (χ4v) is 1.84. The van der Waals surface area contributed by atoms with Crippen LogP contribution in [0.5, 0.6) is 0 Å². The lowest BCUT2D eigenvalue weighted by molar-refractivity contribution is -0.269. The molecule has 0 aliphatic carbocycles. The van der Waals surface area contributed by atoms with Crippen molar-refractivity contribution >= 4 is 11.6 Å². The summed E-state index contributed by atoms with van der Waals surface area (Å²) < 4.78 is 0. The van der Waals surface area contributed by atoms with Crippen molar-refractivity contribution in [2.45, 2.75) is 63.6 Å². The van der Waals surface area contributed by atoms with Crippen LogP contribution in [-0.2, 0) is 9.59 Å². The van der Waals surface area contributed by atoms with Crippen molar-refractivity contribution in [3.05, 3.63) is 0 Å². The van der Waals surface area contributed by atoms with Crippen molar-refractivity contribution in [3.63, 3.8) is 0 Å². The van der Waals surface area contributed by atoms with Gasteiger partial charge in [0.25, 0.3) is 0 Å². The van der Waals surface area contributed by atoms with Gasteiger partial charge >= 0.3 is 0 Å². The molecule has 19 heavy (non-hydrogen) atoms. The van der Waals surface area contributed by atoms with Crippen molar-refractivity contribution in [1.29, 1.82) is 0 Å². The lowest BCUT2D eigenvalue weighted by Gasteiger charge is -2.50. The molecule has 112 valence electrons. The fraction of sp³-hybridized carbons (Fsp3) is 0.833. The summed E-state index contributed by atoms with van der Waals surface area (Å²) in [5.41, 5.74) is -7.48. The molecule has 0 aromatic heterocycles. The van der Waals surface area contributed by atoms with Gasteiger partial charge in [0.2, 0.25) is 0 Å². The Morgan fingerprint density at radius 2 is 1.00 bits per heavy atom. The minimum Gasteiger partial charge on any atom is -0.384 e. The van der Waals surface area contributed by atoms with E-state index in [1.807, 2.05) is 0 Å². The molecule has 0 amide bonds. The molecule has 0 aromatic rings. The Labute approximate surface area is 111 Å². The molecule has 7 heteroatoms. The Morgan fingerprint density at radius 3 is 1.16 bits per heavy atom. The smallest absolute Gasteiger partial charge is 0.161 e. The summed E-state index contributed by atoms with van der Waals surface area (Å²) in [4.78, 5) is 22.3. The van der Waals surface area contributed by atoms with Crippen LogP contribution in [0.4, 0.5) is 0 Å². The van der Waals surface area contributed by atoms with E-state index in [-0.39, 0.29) is 0 Å². The first-order valence-corrected chi connectivity index (χ1v) is 5.75. The number of Topliss-reactive ketones (excluding diaryl/α,β-unsaturated/α-hetero) is 2. The molecule has 0 bridgehead atoms. The van der Waals surface area contributed by atoms with E-state index in [2.05, 4.69) is 0 Å². The average Bonchev–Trinajstić information content (AvgIpc) is 2.25. The summed E-state index contributed by atoms with van der Waals surface area (Å²) in [6.45, 7) is 4.77. The predicted molar refractivity (Wildman–Crippen MR) is 65.2 cm³/mol. The summed E-state index contributed by atoms with van der Waals surface area (Å²) in [5.74, 6) is -1.67. The predicted octanol–water partition coefficient (Wildman–Crippen LogP) is -1.86. The molecular formula is C12H22O7. The average molecular weight is 278 g/mol. The maximum Gasteiger partial charge on any atom is 0.161 e. The molecule has 0 aromatic carbocycles. The van der Waals surface area contributed by atoms with Crippen LogP contribution in [0.15, 0.2) is 0 Å². The van der Waals surface area contributed by atoms with E-state index >= 15 is 0 Å². The number of rotatable bonds is 6. The minimum absolute atomic E-state index is 0.835. The Balaban J connectivity index is 5.70. The summed E-state index contributed by atoms with van der Waals surface area (Å²) >= 11 is 0. The summed E-state index contributed by atoms with van der Waals surface area (Å²) in [5, 5.41) is 49.8. The van der Waals surface area contributed by atoms with Crippen LogP contribution in [0.2, 0.25) is 0 Å². The zero-order valence-electron chi connectivity index (χ0n) is 11.7. The molecule has 0 radical (unpaired) electrons. The molecule has 0 aliphatic rings. The zero-order chi connectivity index (χ0) is 15.8. The van der Waals surface area contributed by atoms with E-state index in [0.717, 1.165) is 34.6 Å². The SMILES string of the molecule is CC(=O)C(O)C(C)(O)C(C)(O)C(C)(O)C(O)C(C)=O. The number of carbonyl (C=O) groups is 2. The van der Waals surface area contributed by atoms with Crippen LogP contribution in [0, 0.1) is 0 Å². The minimum atomic E-state index is -2.53. The van der Waals surface area contributed by atoms with E-state index in [4.69, 9.17) is 0 Å². The molecule has 0 aliphatic heterocycles. The third kappa shape index (κ3) is 2.85. The molecule has 0 saturated carbocycles. The Bertz CT molecular complexity index is 336. The van der Waals surface area contributed by atoms with Gasteiger partial charge in [0.05, 0.1) is 0 Å². The summed E-state index contributed by atoms with van der Waals surface area (Å²) in [6.07, 6.45) is -3.98. The summed E-state index contributed by atoms with van der Waals surface area (Å²) in [6, 6.07) is 0. The van der Waals surface area contributed by atoms with Crippen molar-refractivity contribution in [2.75, 3.05) is 0 Å². The monoisotopic (exact) mass is 278 g/mol. The van der Waals surface area contributed by atoms with Gasteiger partial charge in [-0.1, -0.05) is 0 Å². The molecule has 0 fully saturated rings. The quantitative estimate of drug-likeness (QED) is 0.384. The highest BCUT2D eigenvalue weighted by Gasteiger charge is 2.61. The second kappa shape index (κ2) is 5.26. The Kier molecular flexibility index (Phi) is 5.02. The van der Waals surface area contributed by atoms with E-state index in [9.17, 15) is 35.1 Å². The highest BCUT2D eigenvalue weighted by Crippen LogP contribution is 2.37. The second-order valence-electron chi connectivity index (χ2n) is 5.39. The first kappa shape index (κ1) is 18.1. The molecule has 0 rings (SSSR count). The number of hydrogen-bond donors (Lipinski definition) is 5. The number of aliphatic hydroxyl groups is 5. The van der Waals surface area contributed by atoms with Gasteiger partial charge in [-0.2, -0.15) is 0 Å². The van der Waals surface area contributed by atoms with Gasteiger partial charge in [0.15, 0.2) is 11.6 Å². The van der Waals surface area contributed by atoms with Gasteiger partial charge in [-0.15, -0.1) is 0 Å². The lowest BCUT2D eigenvalue weighted by Crippen LogP contribution is -2.73. The zero-order valence-corrected chi connectivity index (χ0v) is 11.7. The van der Waals surface area contributed by atoms with E-state index in [0.29, 0.717) is 0 Å². The summed E-state index contributed by atoms with van der Waals surface area (Å²) in [7, 11) is 0. The van der Waals surface area contributed by atoms with E-state index in [1.165, 1.54) is 0 Å². The normalized spacial score (nSPS) is 24.5. The first-order valence-electron chi connectivity index (χ1n) is 5.75. The largest absolute Gasteiger partial charge is 0.384 e. The van der Waals surface area contributed by atoms with Crippen LogP contribution in [0.25, 0.3) is 0 Å². The number of ketones is 2. The molecule has 4 atom stereocenters. The van der Waals surface area contributed by atoms with Gasteiger partial charge in [0, 0.05) is 0 Å². The van der Waals surface area contributed by atoms with E-state index in [1.54, 1.807) is 0 Å². The topological polar surface area (TPSA) is 135 Å². The number of carbonyl (C=O) groups excluding carboxylic acids is 2. The van der Waals surface area contributed by atoms with Gasteiger partial charge < -0.3 is 25.5 Å². The molecule has 4 unspecified atom stereocenters. The number of aliphatic hydroxyl groups excluding tert-OH is 2. The Morgan fingerprint density at radius 1 is 0.789 bits per heavy atom. The van der Waals surface area contributed by atoms with Crippen LogP contribution in [0.3, 0.4) is 0 Å². The van der Waals surface area contributed by atoms with Gasteiger partial charge in [-0.3, -0.25) is 9.59 Å². The molecule has 0 heterocycles. The van der Waals surface area contributed by atoms with Crippen LogP contribution >= 0.6 is 0 Å². The van der Waals surface area contributed by atoms with Crippen molar-refractivity contribution in [1.82, 2.24) is 0 Å². The lowest BCUT2D eigenvalue weighted by atomic mass is 9.67. The highest BCUT2D eigenvalue weighted by atomic mass is 16.4. The molecular weight excluding hydrogens is 256 g/mol. The first-order chi connectivity index (χ1) is 8.21. The standard InChI is InChI=1S/C12H22O7/c1-6(13)8(15)10(3,17)12(5,19)11(4,18)9(16)7(2)14/h8-9,15-19H,1-5H3. The van der Waals surface area contributed by atoms with E-state index < -0.39 is 40.6 Å². The maximum absolute atomic E-state index is 11.1. The third-order valence-corrected chi connectivity index (χ3v) is 3.81. The fourth-order valence-electron chi connectivity index (χ4n) is 1.84. The van der Waals surface area contributed by atoms with Crippen molar-refractivity contribution in [2.24, 2.45) is 0 Å². The van der Waals surface area contributed by atoms with Gasteiger partial charge in [-0.25, -0.2) is 0 Å². The maximum atomic E-state index is 11.1. The Hall–Kier alpha value is -0.860. The molecule has 7 nitrogen and oxygen atoms in total. The van der Waals surface area contributed by atoms with Crippen LogP contribution in [0.1, 0.15) is 34.6 Å². The highest BCUT2D eigenvalue weighted by molar-refractivity contribution is 5.83. The van der Waals surface area contributed by atoms with Crippen LogP contribution in [-0.4, -0.2) is 66.1 Å².